The van der Waals surface area contributed by atoms with Crippen LogP contribution in [0.2, 0.25) is 0 Å². The van der Waals surface area contributed by atoms with Gasteiger partial charge in [0.25, 0.3) is 0 Å². The Labute approximate surface area is 128 Å². The molecular weight excluding hydrogens is 295 g/mol. The highest BCUT2D eigenvalue weighted by atomic mass is 19.4. The van der Waals surface area contributed by atoms with Crippen molar-refractivity contribution in [1.29, 1.82) is 0 Å². The number of hydrogen-bond acceptors (Lipinski definition) is 3. The maximum absolute atomic E-state index is 12.6. The average Bonchev–Trinajstić information content (AvgIpc) is 2.44. The van der Waals surface area contributed by atoms with Crippen LogP contribution in [0.4, 0.5) is 18.9 Å². The Hall–Kier alpha value is -1.72. The summed E-state index contributed by atoms with van der Waals surface area (Å²) in [6.45, 7) is 5.17. The summed E-state index contributed by atoms with van der Waals surface area (Å²) in [5.74, 6) is -0.416. The van der Waals surface area contributed by atoms with E-state index in [1.807, 2.05) is 18.7 Å². The van der Waals surface area contributed by atoms with Crippen LogP contribution < -0.4 is 4.90 Å². The van der Waals surface area contributed by atoms with E-state index in [2.05, 4.69) is 0 Å². The summed E-state index contributed by atoms with van der Waals surface area (Å²) in [5.41, 5.74) is -0.210. The lowest BCUT2D eigenvalue weighted by Gasteiger charge is -2.43. The maximum atomic E-state index is 12.6. The molecule has 122 valence electrons. The molecule has 0 aliphatic carbocycles. The normalized spacial score (nSPS) is 21.5. The Kier molecular flexibility index (Phi) is 4.40. The molecule has 22 heavy (non-hydrogen) atoms. The predicted octanol–water partition coefficient (Wildman–Crippen LogP) is 3.73. The van der Waals surface area contributed by atoms with Gasteiger partial charge in [-0.1, -0.05) is 13.8 Å². The summed E-state index contributed by atoms with van der Waals surface area (Å²) in [6, 6.07) is 5.15. The van der Waals surface area contributed by atoms with Gasteiger partial charge in [0.2, 0.25) is 0 Å². The molecule has 0 saturated carbocycles. The van der Waals surface area contributed by atoms with Gasteiger partial charge in [-0.05, 0) is 36.1 Å². The first-order chi connectivity index (χ1) is 10.1. The minimum atomic E-state index is -4.32. The van der Waals surface area contributed by atoms with Crippen molar-refractivity contribution in [3.63, 3.8) is 0 Å². The van der Waals surface area contributed by atoms with Gasteiger partial charge < -0.3 is 9.64 Å². The Morgan fingerprint density at radius 3 is 2.32 bits per heavy atom. The SMILES string of the molecule is COC(=O)C1CCN(c2ccc(C(F)(F)F)cc2)CC1(C)C. The van der Waals surface area contributed by atoms with Crippen LogP contribution in [-0.2, 0) is 15.7 Å². The van der Waals surface area contributed by atoms with Crippen molar-refractivity contribution in [3.05, 3.63) is 29.8 Å². The van der Waals surface area contributed by atoms with Gasteiger partial charge in [0.1, 0.15) is 0 Å². The fourth-order valence-electron chi connectivity index (χ4n) is 3.02. The monoisotopic (exact) mass is 315 g/mol. The number of ether oxygens (including phenoxy) is 1. The number of nitrogens with zero attached hydrogens (tertiary/aromatic N) is 1. The highest BCUT2D eigenvalue weighted by Gasteiger charge is 2.41. The first-order valence-electron chi connectivity index (χ1n) is 7.15. The average molecular weight is 315 g/mol. The molecule has 0 spiro atoms. The van der Waals surface area contributed by atoms with E-state index in [0.29, 0.717) is 19.5 Å². The Balaban J connectivity index is 2.14. The molecule has 1 heterocycles. The Bertz CT molecular complexity index is 537. The molecule has 0 aromatic heterocycles. The van der Waals surface area contributed by atoms with Crippen LogP contribution in [0.1, 0.15) is 25.8 Å². The largest absolute Gasteiger partial charge is 0.469 e. The van der Waals surface area contributed by atoms with Gasteiger partial charge in [-0.2, -0.15) is 13.2 Å². The van der Waals surface area contributed by atoms with E-state index in [-0.39, 0.29) is 17.3 Å². The number of methoxy groups -OCH3 is 1. The Morgan fingerprint density at radius 1 is 1.27 bits per heavy atom. The van der Waals surface area contributed by atoms with Crippen LogP contribution in [0, 0.1) is 11.3 Å². The second-order valence-corrected chi connectivity index (χ2v) is 6.32. The molecule has 1 unspecified atom stereocenters. The number of anilines is 1. The van der Waals surface area contributed by atoms with Gasteiger partial charge in [-0.15, -0.1) is 0 Å². The summed E-state index contributed by atoms with van der Waals surface area (Å²) >= 11 is 0. The second kappa shape index (κ2) is 5.82. The molecule has 6 heteroatoms. The lowest BCUT2D eigenvalue weighted by atomic mass is 9.74. The number of carbonyl (C=O) groups is 1. The molecule has 0 N–H and O–H groups in total. The highest BCUT2D eigenvalue weighted by molar-refractivity contribution is 5.74. The fourth-order valence-corrected chi connectivity index (χ4v) is 3.02. The van der Waals surface area contributed by atoms with E-state index >= 15 is 0 Å². The van der Waals surface area contributed by atoms with E-state index in [9.17, 15) is 18.0 Å². The molecule has 1 aliphatic rings. The van der Waals surface area contributed by atoms with Crippen LogP contribution in [0.5, 0.6) is 0 Å². The zero-order valence-electron chi connectivity index (χ0n) is 12.9. The van der Waals surface area contributed by atoms with Gasteiger partial charge in [0.15, 0.2) is 0 Å². The third-order valence-electron chi connectivity index (χ3n) is 4.27. The van der Waals surface area contributed by atoms with Crippen LogP contribution in [0.3, 0.4) is 0 Å². The molecule has 1 saturated heterocycles. The lowest BCUT2D eigenvalue weighted by Crippen LogP contribution is -2.48. The first kappa shape index (κ1) is 16.6. The number of hydrogen-bond donors (Lipinski definition) is 0. The minimum absolute atomic E-state index is 0.191. The quantitative estimate of drug-likeness (QED) is 0.779. The summed E-state index contributed by atoms with van der Waals surface area (Å²) < 4.78 is 42.6. The maximum Gasteiger partial charge on any atom is 0.416 e. The third-order valence-corrected chi connectivity index (χ3v) is 4.27. The van der Waals surface area contributed by atoms with Crippen molar-refractivity contribution >= 4 is 11.7 Å². The molecule has 0 bridgehead atoms. The molecule has 1 aromatic carbocycles. The van der Waals surface area contributed by atoms with Crippen molar-refractivity contribution in [1.82, 2.24) is 0 Å². The highest BCUT2D eigenvalue weighted by Crippen LogP contribution is 2.38. The van der Waals surface area contributed by atoms with Crippen molar-refractivity contribution in [2.45, 2.75) is 26.4 Å². The summed E-state index contributed by atoms with van der Waals surface area (Å²) in [5, 5.41) is 0. The van der Waals surface area contributed by atoms with E-state index in [1.54, 1.807) is 0 Å². The van der Waals surface area contributed by atoms with Crippen LogP contribution in [-0.4, -0.2) is 26.2 Å². The number of carbonyl (C=O) groups excluding carboxylic acids is 1. The number of halogens is 3. The number of esters is 1. The molecule has 2 rings (SSSR count). The van der Waals surface area contributed by atoms with Crippen LogP contribution in [0.15, 0.2) is 24.3 Å². The fraction of sp³-hybridized carbons (Fsp3) is 0.562. The van der Waals surface area contributed by atoms with Crippen LogP contribution in [0.25, 0.3) is 0 Å². The minimum Gasteiger partial charge on any atom is -0.469 e. The lowest BCUT2D eigenvalue weighted by molar-refractivity contribution is -0.150. The van der Waals surface area contributed by atoms with Gasteiger partial charge >= 0.3 is 12.1 Å². The predicted molar refractivity (Wildman–Crippen MR) is 77.6 cm³/mol. The van der Waals surface area contributed by atoms with Crippen molar-refractivity contribution < 1.29 is 22.7 Å². The summed E-state index contributed by atoms with van der Waals surface area (Å²) in [7, 11) is 1.38. The third kappa shape index (κ3) is 3.36. The smallest absolute Gasteiger partial charge is 0.416 e. The summed E-state index contributed by atoms with van der Waals surface area (Å²) in [4.78, 5) is 13.8. The molecule has 1 aromatic rings. The van der Waals surface area contributed by atoms with Crippen LogP contribution >= 0.6 is 0 Å². The van der Waals surface area contributed by atoms with Crippen molar-refractivity contribution in [3.8, 4) is 0 Å². The number of piperidine rings is 1. The summed E-state index contributed by atoms with van der Waals surface area (Å²) in [6.07, 6.45) is -3.70. The van der Waals surface area contributed by atoms with E-state index in [0.717, 1.165) is 17.8 Å². The van der Waals surface area contributed by atoms with Crippen molar-refractivity contribution in [2.24, 2.45) is 11.3 Å². The molecule has 1 aliphatic heterocycles. The molecular formula is C16H20F3NO2. The van der Waals surface area contributed by atoms with E-state index < -0.39 is 11.7 Å². The zero-order valence-corrected chi connectivity index (χ0v) is 12.9. The Morgan fingerprint density at radius 2 is 1.86 bits per heavy atom. The van der Waals surface area contributed by atoms with Gasteiger partial charge in [0, 0.05) is 18.8 Å². The standard InChI is InChI=1S/C16H20F3NO2/c1-15(2)10-20(9-8-13(15)14(21)22-3)12-6-4-11(5-7-12)16(17,18)19/h4-7,13H,8-10H2,1-3H3. The molecule has 0 radical (unpaired) electrons. The topological polar surface area (TPSA) is 29.5 Å². The van der Waals surface area contributed by atoms with Gasteiger partial charge in [-0.3, -0.25) is 4.79 Å². The van der Waals surface area contributed by atoms with E-state index in [4.69, 9.17) is 4.74 Å². The zero-order chi connectivity index (χ0) is 16.5. The number of rotatable bonds is 2. The molecule has 0 amide bonds. The van der Waals surface area contributed by atoms with Gasteiger partial charge in [0.05, 0.1) is 18.6 Å². The number of benzene rings is 1. The molecule has 3 nitrogen and oxygen atoms in total. The molecule has 1 atom stereocenters. The second-order valence-electron chi connectivity index (χ2n) is 6.32. The number of alkyl halides is 3. The van der Waals surface area contributed by atoms with E-state index in [1.165, 1.54) is 19.2 Å². The molecule has 1 fully saturated rings. The first-order valence-corrected chi connectivity index (χ1v) is 7.15. The van der Waals surface area contributed by atoms with Crippen molar-refractivity contribution in [2.75, 3.05) is 25.1 Å². The van der Waals surface area contributed by atoms with Gasteiger partial charge in [-0.25, -0.2) is 0 Å².